The minimum Gasteiger partial charge on any atom is -0.455 e. The molecule has 0 fully saturated rings. The van der Waals surface area contributed by atoms with Gasteiger partial charge in [-0.15, -0.1) is 0 Å². The van der Waals surface area contributed by atoms with Crippen LogP contribution in [0.15, 0.2) is 271 Å². The number of fused-ring (bicyclic) bond motifs is 9. The molecule has 0 aliphatic carbocycles. The van der Waals surface area contributed by atoms with E-state index < -0.39 is 0 Å². The molecule has 0 amide bonds. The van der Waals surface area contributed by atoms with Crippen molar-refractivity contribution in [1.29, 1.82) is 0 Å². The molecule has 71 heavy (non-hydrogen) atoms. The Bertz CT molecular complexity index is 4290. The molecular formula is C68H44N2O. The standard InChI is InChI=1S/C68H44N2O/c1-2-21-54-50(16-1)44-63(58-24-4-3-23-57(54)58)46-36-40-52(41-37-46)69(53-20-14-19-49(43-53)56-28-15-29-62-61-27-8-12-33-67(61)71-68(56)62)51-38-34-45(35-39-51)47-17-13-18-48(42-47)55-22-5-9-30-64(55)70-65-31-10-6-25-59(65)60-26-7-11-32-66(60)70/h1-44H. The second-order valence-electron chi connectivity index (χ2n) is 18.4. The van der Waals surface area contributed by atoms with Crippen LogP contribution < -0.4 is 4.90 Å². The van der Waals surface area contributed by atoms with Crippen molar-refractivity contribution < 1.29 is 4.42 Å². The van der Waals surface area contributed by atoms with Crippen LogP contribution >= 0.6 is 0 Å². The molecule has 0 saturated heterocycles. The summed E-state index contributed by atoms with van der Waals surface area (Å²) in [5, 5.41) is 9.77. The van der Waals surface area contributed by atoms with Crippen LogP contribution in [0.5, 0.6) is 0 Å². The zero-order valence-electron chi connectivity index (χ0n) is 38.7. The molecule has 2 heterocycles. The first-order valence-electron chi connectivity index (χ1n) is 24.3. The molecule has 0 bridgehead atoms. The number of hydrogen-bond acceptors (Lipinski definition) is 2. The maximum absolute atomic E-state index is 6.56. The third kappa shape index (κ3) is 6.82. The van der Waals surface area contributed by atoms with E-state index >= 15 is 0 Å². The Morgan fingerprint density at radius 2 is 0.817 bits per heavy atom. The first kappa shape index (κ1) is 40.6. The van der Waals surface area contributed by atoms with Crippen LogP contribution in [0.4, 0.5) is 17.1 Å². The Kier molecular flexibility index (Phi) is 9.53. The molecule has 0 radical (unpaired) electrons. The van der Waals surface area contributed by atoms with E-state index in [0.29, 0.717) is 0 Å². The minimum atomic E-state index is 0.894. The summed E-state index contributed by atoms with van der Waals surface area (Å²) in [5.74, 6) is 0. The normalized spacial score (nSPS) is 11.7. The molecular weight excluding hydrogens is 861 g/mol. The Hall–Kier alpha value is -9.44. The highest BCUT2D eigenvalue weighted by molar-refractivity contribution is 6.14. The lowest BCUT2D eigenvalue weighted by molar-refractivity contribution is 0.670. The van der Waals surface area contributed by atoms with E-state index in [1.54, 1.807) is 0 Å². The second-order valence-corrected chi connectivity index (χ2v) is 18.4. The zero-order chi connectivity index (χ0) is 46.8. The Morgan fingerprint density at radius 3 is 1.58 bits per heavy atom. The molecule has 14 aromatic rings. The van der Waals surface area contributed by atoms with Crippen molar-refractivity contribution in [3.8, 4) is 50.2 Å². The molecule has 0 aliphatic heterocycles. The highest BCUT2D eigenvalue weighted by atomic mass is 16.3. The van der Waals surface area contributed by atoms with Crippen LogP contribution in [0.1, 0.15) is 0 Å². The van der Waals surface area contributed by atoms with Crippen molar-refractivity contribution in [1.82, 2.24) is 4.57 Å². The van der Waals surface area contributed by atoms with Crippen molar-refractivity contribution in [2.45, 2.75) is 0 Å². The second kappa shape index (κ2) is 16.7. The summed E-state index contributed by atoms with van der Waals surface area (Å²) in [6.07, 6.45) is 0. The lowest BCUT2D eigenvalue weighted by Gasteiger charge is -2.26. The molecule has 0 aliphatic rings. The molecule has 0 atom stereocenters. The van der Waals surface area contributed by atoms with E-state index in [9.17, 15) is 0 Å². The summed E-state index contributed by atoms with van der Waals surface area (Å²) in [6, 6.07) is 96.7. The molecule has 0 spiro atoms. The Balaban J connectivity index is 0.868. The maximum atomic E-state index is 6.56. The number of hydrogen-bond donors (Lipinski definition) is 0. The summed E-state index contributed by atoms with van der Waals surface area (Å²) in [5.41, 5.74) is 17.7. The number of rotatable bonds is 8. The van der Waals surface area contributed by atoms with Crippen LogP contribution in [0.25, 0.3) is 115 Å². The fourth-order valence-electron chi connectivity index (χ4n) is 11.1. The number of furan rings is 1. The predicted molar refractivity (Wildman–Crippen MR) is 299 cm³/mol. The molecule has 3 heteroatoms. The summed E-state index contributed by atoms with van der Waals surface area (Å²) in [6.45, 7) is 0. The van der Waals surface area contributed by atoms with Gasteiger partial charge in [0.1, 0.15) is 11.2 Å². The first-order valence-corrected chi connectivity index (χ1v) is 24.3. The summed E-state index contributed by atoms with van der Waals surface area (Å²) in [7, 11) is 0. The van der Waals surface area contributed by atoms with Crippen molar-refractivity contribution in [3.05, 3.63) is 267 Å². The molecule has 0 saturated carbocycles. The van der Waals surface area contributed by atoms with E-state index in [2.05, 4.69) is 264 Å². The summed E-state index contributed by atoms with van der Waals surface area (Å²) in [4.78, 5) is 2.37. The summed E-state index contributed by atoms with van der Waals surface area (Å²) >= 11 is 0. The largest absolute Gasteiger partial charge is 0.455 e. The molecule has 332 valence electrons. The van der Waals surface area contributed by atoms with Crippen molar-refractivity contribution in [3.63, 3.8) is 0 Å². The van der Waals surface area contributed by atoms with E-state index in [4.69, 9.17) is 4.42 Å². The van der Waals surface area contributed by atoms with Gasteiger partial charge >= 0.3 is 0 Å². The number of nitrogens with zero attached hydrogens (tertiary/aromatic N) is 2. The molecule has 14 rings (SSSR count). The van der Waals surface area contributed by atoms with E-state index in [1.807, 2.05) is 12.1 Å². The summed E-state index contributed by atoms with van der Waals surface area (Å²) < 4.78 is 8.97. The number of aromatic nitrogens is 1. The van der Waals surface area contributed by atoms with Gasteiger partial charge < -0.3 is 13.9 Å². The van der Waals surface area contributed by atoms with Gasteiger partial charge in [0.05, 0.1) is 16.7 Å². The van der Waals surface area contributed by atoms with Crippen molar-refractivity contribution in [2.24, 2.45) is 0 Å². The van der Waals surface area contributed by atoms with Gasteiger partial charge in [0.25, 0.3) is 0 Å². The smallest absolute Gasteiger partial charge is 0.143 e. The Labute approximate surface area is 411 Å². The third-order valence-electron chi connectivity index (χ3n) is 14.4. The van der Waals surface area contributed by atoms with E-state index in [0.717, 1.165) is 66.9 Å². The van der Waals surface area contributed by atoms with Crippen LogP contribution in [0.3, 0.4) is 0 Å². The van der Waals surface area contributed by atoms with Gasteiger partial charge in [0.2, 0.25) is 0 Å². The van der Waals surface area contributed by atoms with Crippen LogP contribution in [-0.2, 0) is 0 Å². The highest BCUT2D eigenvalue weighted by Crippen LogP contribution is 2.43. The molecule has 12 aromatic carbocycles. The first-order chi connectivity index (χ1) is 35.2. The van der Waals surface area contributed by atoms with Crippen molar-refractivity contribution in [2.75, 3.05) is 4.90 Å². The Morgan fingerprint density at radius 1 is 0.282 bits per heavy atom. The SMILES string of the molecule is c1cc(-c2ccc(N(c3ccc(-c4cc5ccccc5c5ccccc45)cc3)c3cccc(-c4cccc5c4oc4ccccc45)c3)cc2)cc(-c2ccccc2-n2c3ccccc3c3ccccc32)c1. The number of benzene rings is 12. The van der Waals surface area contributed by atoms with Gasteiger partial charge in [-0.2, -0.15) is 0 Å². The lowest BCUT2D eigenvalue weighted by Crippen LogP contribution is -2.10. The van der Waals surface area contributed by atoms with Gasteiger partial charge in [0.15, 0.2) is 0 Å². The van der Waals surface area contributed by atoms with Gasteiger partial charge in [-0.1, -0.05) is 194 Å². The molecule has 3 nitrogen and oxygen atoms in total. The monoisotopic (exact) mass is 904 g/mol. The number of anilines is 3. The molecule has 2 aromatic heterocycles. The van der Waals surface area contributed by atoms with Crippen LogP contribution in [0.2, 0.25) is 0 Å². The number of para-hydroxylation sites is 5. The fraction of sp³-hybridized carbons (Fsp3) is 0. The average Bonchev–Trinajstić information content (AvgIpc) is 4.00. The predicted octanol–water partition coefficient (Wildman–Crippen LogP) is 19.1. The third-order valence-corrected chi connectivity index (χ3v) is 14.4. The van der Waals surface area contributed by atoms with Crippen molar-refractivity contribution >= 4 is 82.4 Å². The topological polar surface area (TPSA) is 21.3 Å². The van der Waals surface area contributed by atoms with E-state index in [-0.39, 0.29) is 0 Å². The average molecular weight is 905 g/mol. The fourth-order valence-corrected chi connectivity index (χ4v) is 11.1. The maximum Gasteiger partial charge on any atom is 0.143 e. The van der Waals surface area contributed by atoms with Gasteiger partial charge in [-0.05, 0) is 128 Å². The minimum absolute atomic E-state index is 0.894. The van der Waals surface area contributed by atoms with Gasteiger partial charge in [-0.3, -0.25) is 0 Å². The van der Waals surface area contributed by atoms with Crippen LogP contribution in [0, 0.1) is 0 Å². The van der Waals surface area contributed by atoms with E-state index in [1.165, 1.54) is 65.6 Å². The lowest BCUT2D eigenvalue weighted by atomic mass is 9.93. The molecule has 0 N–H and O–H groups in total. The quantitative estimate of drug-likeness (QED) is 0.142. The van der Waals surface area contributed by atoms with Crippen LogP contribution in [-0.4, -0.2) is 4.57 Å². The van der Waals surface area contributed by atoms with Gasteiger partial charge in [0, 0.05) is 49.7 Å². The van der Waals surface area contributed by atoms with Gasteiger partial charge in [-0.25, -0.2) is 0 Å². The molecule has 0 unspecified atom stereocenters. The highest BCUT2D eigenvalue weighted by Gasteiger charge is 2.19. The zero-order valence-corrected chi connectivity index (χ0v) is 38.7.